The van der Waals surface area contributed by atoms with Crippen LogP contribution in [0.4, 0.5) is 11.4 Å². The second kappa shape index (κ2) is 8.28. The molecule has 6 nitrogen and oxygen atoms in total. The van der Waals surface area contributed by atoms with Crippen LogP contribution in [-0.4, -0.2) is 11.8 Å². The lowest BCUT2D eigenvalue weighted by Crippen LogP contribution is -2.17. The van der Waals surface area contributed by atoms with E-state index in [2.05, 4.69) is 10.6 Å². The highest BCUT2D eigenvalue weighted by atomic mass is 16.4. The number of carbonyl (C=O) groups is 2. The zero-order valence-corrected chi connectivity index (χ0v) is 17.1. The molecule has 0 unspecified atom stereocenters. The highest BCUT2D eigenvalue weighted by molar-refractivity contribution is 6.12. The maximum Gasteiger partial charge on any atom is 0.344 e. The predicted octanol–water partition coefficient (Wildman–Crippen LogP) is 4.98. The number of amides is 2. The van der Waals surface area contributed by atoms with Crippen molar-refractivity contribution in [1.29, 1.82) is 0 Å². The van der Waals surface area contributed by atoms with E-state index in [0.717, 1.165) is 11.1 Å². The van der Waals surface area contributed by atoms with Crippen molar-refractivity contribution in [2.24, 2.45) is 0 Å². The van der Waals surface area contributed by atoms with Crippen LogP contribution in [0.3, 0.4) is 0 Å². The van der Waals surface area contributed by atoms with E-state index in [1.807, 2.05) is 37.3 Å². The molecule has 6 heteroatoms. The number of benzene rings is 3. The second-order valence-electron chi connectivity index (χ2n) is 7.22. The Kier molecular flexibility index (Phi) is 5.37. The summed E-state index contributed by atoms with van der Waals surface area (Å²) in [6.45, 7) is 3.38. The van der Waals surface area contributed by atoms with Gasteiger partial charge in [0.05, 0.1) is 5.39 Å². The maximum absolute atomic E-state index is 13.2. The monoisotopic (exact) mass is 412 g/mol. The van der Waals surface area contributed by atoms with Gasteiger partial charge < -0.3 is 15.1 Å². The smallest absolute Gasteiger partial charge is 0.344 e. The number of anilines is 2. The summed E-state index contributed by atoms with van der Waals surface area (Å²) in [5.41, 5.74) is 2.81. The quantitative estimate of drug-likeness (QED) is 0.495. The molecule has 0 spiro atoms. The van der Waals surface area contributed by atoms with Gasteiger partial charge in [-0.1, -0.05) is 54.1 Å². The minimum Gasteiger partial charge on any atom is -0.416 e. The van der Waals surface area contributed by atoms with E-state index in [9.17, 15) is 14.4 Å². The number of carbonyl (C=O) groups excluding carboxylic acids is 2. The van der Waals surface area contributed by atoms with Gasteiger partial charge in [0.15, 0.2) is 0 Å². The molecule has 0 aliphatic heterocycles. The molecule has 0 bridgehead atoms. The lowest BCUT2D eigenvalue weighted by Gasteiger charge is -2.13. The van der Waals surface area contributed by atoms with Gasteiger partial charge in [0.25, 0.3) is 5.91 Å². The predicted molar refractivity (Wildman–Crippen MR) is 121 cm³/mol. The van der Waals surface area contributed by atoms with Gasteiger partial charge in [0.1, 0.15) is 0 Å². The van der Waals surface area contributed by atoms with Gasteiger partial charge in [0.2, 0.25) is 11.7 Å². The van der Waals surface area contributed by atoms with Crippen LogP contribution in [0.15, 0.2) is 82.0 Å². The second-order valence-corrected chi connectivity index (χ2v) is 7.22. The van der Waals surface area contributed by atoms with Crippen LogP contribution in [-0.2, 0) is 4.79 Å². The van der Waals surface area contributed by atoms with Crippen LogP contribution >= 0.6 is 0 Å². The Morgan fingerprint density at radius 1 is 0.806 bits per heavy atom. The number of rotatable bonds is 4. The van der Waals surface area contributed by atoms with Gasteiger partial charge >= 0.3 is 5.63 Å². The molecule has 31 heavy (non-hydrogen) atoms. The van der Waals surface area contributed by atoms with Crippen molar-refractivity contribution in [3.63, 3.8) is 0 Å². The van der Waals surface area contributed by atoms with Gasteiger partial charge in [-0.2, -0.15) is 0 Å². The Bertz CT molecular complexity index is 1350. The van der Waals surface area contributed by atoms with Crippen LogP contribution in [0, 0.1) is 6.92 Å². The highest BCUT2D eigenvalue weighted by Crippen LogP contribution is 2.31. The summed E-state index contributed by atoms with van der Waals surface area (Å²) in [5.74, 6) is -0.846. The van der Waals surface area contributed by atoms with Crippen molar-refractivity contribution >= 4 is 34.0 Å². The molecule has 0 saturated heterocycles. The first kappa shape index (κ1) is 20.1. The zero-order chi connectivity index (χ0) is 22.0. The molecule has 0 aliphatic rings. The van der Waals surface area contributed by atoms with Gasteiger partial charge in [-0.25, -0.2) is 4.79 Å². The molecule has 0 aliphatic carbocycles. The summed E-state index contributed by atoms with van der Waals surface area (Å²) in [5, 5.41) is 6.48. The van der Waals surface area contributed by atoms with Crippen molar-refractivity contribution in [3.05, 3.63) is 94.5 Å². The van der Waals surface area contributed by atoms with Crippen molar-refractivity contribution in [2.75, 3.05) is 10.6 Å². The molecular weight excluding hydrogens is 392 g/mol. The molecule has 0 atom stereocenters. The molecule has 2 N–H and O–H groups in total. The summed E-state index contributed by atoms with van der Waals surface area (Å²) in [4.78, 5) is 37.1. The van der Waals surface area contributed by atoms with E-state index < -0.39 is 11.5 Å². The standard InChI is InChI=1S/C25H20N2O4/c1-15-10-12-17(13-11-15)22-20-8-3-4-9-21(20)25(30)31-23(22)24(29)27-19-7-5-6-18(14-19)26-16(2)28/h3-14H,1-2H3,(H,26,28)(H,27,29). The fraction of sp³-hybridized carbons (Fsp3) is 0.0800. The summed E-state index contributed by atoms with van der Waals surface area (Å²) in [6.07, 6.45) is 0. The molecule has 1 aromatic heterocycles. The topological polar surface area (TPSA) is 88.4 Å². The number of hydrogen-bond donors (Lipinski definition) is 2. The molecule has 3 aromatic carbocycles. The minimum absolute atomic E-state index is 0.0718. The summed E-state index contributed by atoms with van der Waals surface area (Å²) < 4.78 is 5.50. The van der Waals surface area contributed by atoms with E-state index >= 15 is 0 Å². The number of fused-ring (bicyclic) bond motifs is 1. The normalized spacial score (nSPS) is 10.6. The average Bonchev–Trinajstić information content (AvgIpc) is 2.74. The van der Waals surface area contributed by atoms with Crippen molar-refractivity contribution < 1.29 is 14.0 Å². The highest BCUT2D eigenvalue weighted by Gasteiger charge is 2.21. The molecule has 0 radical (unpaired) electrons. The Labute approximate surface area is 178 Å². The van der Waals surface area contributed by atoms with E-state index in [-0.39, 0.29) is 11.7 Å². The fourth-order valence-corrected chi connectivity index (χ4v) is 3.43. The molecule has 2 amide bonds. The van der Waals surface area contributed by atoms with E-state index in [1.54, 1.807) is 42.5 Å². The van der Waals surface area contributed by atoms with Gasteiger partial charge in [-0.05, 0) is 36.8 Å². The SMILES string of the molecule is CC(=O)Nc1cccc(NC(=O)c2oc(=O)c3ccccc3c2-c2ccc(C)cc2)c1. The summed E-state index contributed by atoms with van der Waals surface area (Å²) in [7, 11) is 0. The molecule has 4 rings (SSSR count). The molecule has 0 saturated carbocycles. The van der Waals surface area contributed by atoms with Crippen LogP contribution in [0.2, 0.25) is 0 Å². The van der Waals surface area contributed by atoms with Gasteiger partial charge in [-0.15, -0.1) is 0 Å². The van der Waals surface area contributed by atoms with Crippen LogP contribution in [0.5, 0.6) is 0 Å². The van der Waals surface area contributed by atoms with Crippen LogP contribution < -0.4 is 16.3 Å². The van der Waals surface area contributed by atoms with Crippen molar-refractivity contribution in [3.8, 4) is 11.1 Å². The van der Waals surface area contributed by atoms with E-state index in [1.165, 1.54) is 6.92 Å². The molecule has 0 fully saturated rings. The molecule has 4 aromatic rings. The third-order valence-corrected chi connectivity index (χ3v) is 4.83. The van der Waals surface area contributed by atoms with Crippen LogP contribution in [0.25, 0.3) is 21.9 Å². The third-order valence-electron chi connectivity index (χ3n) is 4.83. The number of hydrogen-bond acceptors (Lipinski definition) is 4. The van der Waals surface area contributed by atoms with E-state index in [4.69, 9.17) is 4.42 Å². The Morgan fingerprint density at radius 3 is 2.13 bits per heavy atom. The van der Waals surface area contributed by atoms with E-state index in [0.29, 0.717) is 27.7 Å². The third kappa shape index (κ3) is 4.23. The average molecular weight is 412 g/mol. The first-order valence-corrected chi connectivity index (χ1v) is 9.74. The summed E-state index contributed by atoms with van der Waals surface area (Å²) in [6, 6.07) is 21.5. The zero-order valence-electron chi connectivity index (χ0n) is 17.1. The number of aryl methyl sites for hydroxylation is 1. The lowest BCUT2D eigenvalue weighted by atomic mass is 9.97. The number of nitrogens with one attached hydrogen (secondary N) is 2. The van der Waals surface area contributed by atoms with Gasteiger partial charge in [-0.3, -0.25) is 9.59 Å². The maximum atomic E-state index is 13.2. The molecule has 1 heterocycles. The Morgan fingerprint density at radius 2 is 1.45 bits per heavy atom. The lowest BCUT2D eigenvalue weighted by molar-refractivity contribution is -0.114. The Hall–Kier alpha value is -4.19. The minimum atomic E-state index is -0.580. The van der Waals surface area contributed by atoms with Crippen LogP contribution in [0.1, 0.15) is 23.0 Å². The Balaban J connectivity index is 1.82. The first-order valence-electron chi connectivity index (χ1n) is 9.74. The van der Waals surface area contributed by atoms with Crippen molar-refractivity contribution in [2.45, 2.75) is 13.8 Å². The summed E-state index contributed by atoms with van der Waals surface area (Å²) >= 11 is 0. The molecule has 154 valence electrons. The molecular formula is C25H20N2O4. The van der Waals surface area contributed by atoms with Crippen molar-refractivity contribution in [1.82, 2.24) is 0 Å². The first-order chi connectivity index (χ1) is 14.9. The fourth-order valence-electron chi connectivity index (χ4n) is 3.43. The van der Waals surface area contributed by atoms with Gasteiger partial charge in [0, 0.05) is 29.2 Å². The largest absolute Gasteiger partial charge is 0.416 e.